The Bertz CT molecular complexity index is 252. The van der Waals surface area contributed by atoms with Crippen LogP contribution in [0.2, 0.25) is 0 Å². The molecule has 0 N–H and O–H groups in total. The molecule has 0 aromatic rings. The quantitative estimate of drug-likeness (QED) is 0.676. The van der Waals surface area contributed by atoms with Crippen molar-refractivity contribution in [3.05, 3.63) is 0 Å². The number of rotatable bonds is 4. The van der Waals surface area contributed by atoms with E-state index in [1.165, 1.54) is 9.80 Å². The van der Waals surface area contributed by atoms with Crippen molar-refractivity contribution in [1.82, 2.24) is 9.80 Å². The topological polar surface area (TPSA) is 40.6 Å². The predicted molar refractivity (Wildman–Crippen MR) is 60.8 cm³/mol. The van der Waals surface area contributed by atoms with Crippen molar-refractivity contribution in [2.45, 2.75) is 13.8 Å². The molecule has 0 bridgehead atoms. The highest BCUT2D eigenvalue weighted by Gasteiger charge is 2.30. The van der Waals surface area contributed by atoms with Gasteiger partial charge in [0.2, 0.25) is 11.8 Å². The van der Waals surface area contributed by atoms with Crippen LogP contribution in [-0.2, 0) is 9.59 Å². The van der Waals surface area contributed by atoms with Crippen LogP contribution in [0.1, 0.15) is 13.8 Å². The molecule has 0 unspecified atom stereocenters. The minimum absolute atomic E-state index is 0.0894. The molecule has 0 aliphatic heterocycles. The number of nitrogens with zero attached hydrogens (tertiary/aromatic N) is 2. The molecule has 0 radical (unpaired) electrons. The highest BCUT2D eigenvalue weighted by molar-refractivity contribution is 6.19. The summed E-state index contributed by atoms with van der Waals surface area (Å²) in [5.41, 5.74) is -0.622. The molecule has 2 amide bonds. The van der Waals surface area contributed by atoms with Crippen LogP contribution in [0.4, 0.5) is 0 Å². The van der Waals surface area contributed by atoms with Gasteiger partial charge in [-0.1, -0.05) is 0 Å². The highest BCUT2D eigenvalue weighted by atomic mass is 35.5. The molecule has 88 valence electrons. The molecular formula is C10H19ClN2O2. The van der Waals surface area contributed by atoms with E-state index >= 15 is 0 Å². The lowest BCUT2D eigenvalue weighted by molar-refractivity contribution is -0.143. The van der Waals surface area contributed by atoms with E-state index in [4.69, 9.17) is 11.6 Å². The highest BCUT2D eigenvalue weighted by Crippen LogP contribution is 2.19. The van der Waals surface area contributed by atoms with Crippen molar-refractivity contribution in [2.75, 3.05) is 33.6 Å². The van der Waals surface area contributed by atoms with Crippen LogP contribution >= 0.6 is 11.6 Å². The Morgan fingerprint density at radius 1 is 1.20 bits per heavy atom. The first-order valence-electron chi connectivity index (χ1n) is 4.74. The number of hydrogen-bond donors (Lipinski definition) is 0. The maximum atomic E-state index is 11.8. The molecule has 0 rings (SSSR count). The number of halogens is 1. The summed E-state index contributed by atoms with van der Waals surface area (Å²) in [5, 5.41) is 0. The fourth-order valence-corrected chi connectivity index (χ4v) is 1.10. The first kappa shape index (κ1) is 14.2. The molecule has 4 nitrogen and oxygen atoms in total. The van der Waals surface area contributed by atoms with E-state index < -0.39 is 5.41 Å². The maximum absolute atomic E-state index is 11.8. The summed E-state index contributed by atoms with van der Waals surface area (Å²) < 4.78 is 0. The number of alkyl halides is 1. The zero-order valence-electron chi connectivity index (χ0n) is 10.0. The van der Waals surface area contributed by atoms with Crippen molar-refractivity contribution >= 4 is 23.4 Å². The van der Waals surface area contributed by atoms with Crippen LogP contribution in [0.25, 0.3) is 0 Å². The largest absolute Gasteiger partial charge is 0.347 e. The van der Waals surface area contributed by atoms with Crippen LogP contribution in [0.15, 0.2) is 0 Å². The molecule has 0 atom stereocenters. The van der Waals surface area contributed by atoms with Crippen LogP contribution in [-0.4, -0.2) is 55.2 Å². The third-order valence-corrected chi connectivity index (χ3v) is 2.80. The molecular weight excluding hydrogens is 216 g/mol. The molecule has 0 aliphatic rings. The zero-order chi connectivity index (χ0) is 12.2. The second-order valence-electron chi connectivity index (χ2n) is 4.47. The summed E-state index contributed by atoms with van der Waals surface area (Å²) in [6, 6.07) is 0. The monoisotopic (exact) mass is 234 g/mol. The third-order valence-electron chi connectivity index (χ3n) is 2.13. The number of amides is 2. The minimum atomic E-state index is -0.622. The lowest BCUT2D eigenvalue weighted by Crippen LogP contribution is -2.44. The first-order chi connectivity index (χ1) is 6.72. The van der Waals surface area contributed by atoms with Gasteiger partial charge < -0.3 is 9.80 Å². The maximum Gasteiger partial charge on any atom is 0.241 e. The Labute approximate surface area is 96.2 Å². The molecule has 0 aliphatic carbocycles. The van der Waals surface area contributed by atoms with Gasteiger partial charge in [-0.25, -0.2) is 0 Å². The Balaban J connectivity index is 4.41. The van der Waals surface area contributed by atoms with Gasteiger partial charge in [-0.3, -0.25) is 9.59 Å². The summed E-state index contributed by atoms with van der Waals surface area (Å²) in [6.07, 6.45) is 0. The Hall–Kier alpha value is -0.770. The van der Waals surface area contributed by atoms with Crippen LogP contribution < -0.4 is 0 Å². The fourth-order valence-electron chi connectivity index (χ4n) is 0.990. The van der Waals surface area contributed by atoms with Crippen molar-refractivity contribution < 1.29 is 9.59 Å². The smallest absolute Gasteiger partial charge is 0.241 e. The van der Waals surface area contributed by atoms with Crippen LogP contribution in [0.3, 0.4) is 0 Å². The van der Waals surface area contributed by atoms with Gasteiger partial charge in [0.25, 0.3) is 0 Å². The van der Waals surface area contributed by atoms with Crippen molar-refractivity contribution in [1.29, 1.82) is 0 Å². The van der Waals surface area contributed by atoms with Gasteiger partial charge in [0.05, 0.1) is 12.0 Å². The van der Waals surface area contributed by atoms with E-state index in [0.29, 0.717) is 0 Å². The average molecular weight is 235 g/mol. The third kappa shape index (κ3) is 4.08. The van der Waals surface area contributed by atoms with Crippen molar-refractivity contribution in [3.63, 3.8) is 0 Å². The molecule has 0 spiro atoms. The first-order valence-corrected chi connectivity index (χ1v) is 5.27. The van der Waals surface area contributed by atoms with E-state index in [-0.39, 0.29) is 24.2 Å². The summed E-state index contributed by atoms with van der Waals surface area (Å²) in [7, 11) is 4.93. The van der Waals surface area contributed by atoms with Gasteiger partial charge >= 0.3 is 0 Å². The summed E-state index contributed by atoms with van der Waals surface area (Å²) in [6.45, 7) is 3.62. The summed E-state index contributed by atoms with van der Waals surface area (Å²) in [5.74, 6) is 0.0238. The average Bonchev–Trinajstić information content (AvgIpc) is 2.16. The summed E-state index contributed by atoms with van der Waals surface area (Å²) >= 11 is 5.69. The van der Waals surface area contributed by atoms with Crippen LogP contribution in [0.5, 0.6) is 0 Å². The van der Waals surface area contributed by atoms with Gasteiger partial charge in [0.15, 0.2) is 0 Å². The van der Waals surface area contributed by atoms with Crippen molar-refractivity contribution in [2.24, 2.45) is 5.41 Å². The SMILES string of the molecule is CN(C)C(=O)CN(C)C(=O)C(C)(C)CCl. The summed E-state index contributed by atoms with van der Waals surface area (Å²) in [4.78, 5) is 26.1. The zero-order valence-corrected chi connectivity index (χ0v) is 10.8. The lowest BCUT2D eigenvalue weighted by atomic mass is 9.94. The van der Waals surface area contributed by atoms with E-state index in [1.54, 1.807) is 35.0 Å². The van der Waals surface area contributed by atoms with Crippen molar-refractivity contribution in [3.8, 4) is 0 Å². The Morgan fingerprint density at radius 2 is 1.67 bits per heavy atom. The Morgan fingerprint density at radius 3 is 2.00 bits per heavy atom. The molecule has 0 aromatic carbocycles. The fraction of sp³-hybridized carbons (Fsp3) is 0.800. The van der Waals surface area contributed by atoms with Crippen LogP contribution in [0, 0.1) is 5.41 Å². The second kappa shape index (κ2) is 5.35. The van der Waals surface area contributed by atoms with Gasteiger partial charge in [0.1, 0.15) is 0 Å². The van der Waals surface area contributed by atoms with Gasteiger partial charge in [-0.05, 0) is 13.8 Å². The number of hydrogen-bond acceptors (Lipinski definition) is 2. The van der Waals surface area contributed by atoms with Gasteiger partial charge in [0, 0.05) is 27.0 Å². The molecule has 0 saturated heterocycles. The van der Waals surface area contributed by atoms with Gasteiger partial charge in [-0.15, -0.1) is 11.6 Å². The van der Waals surface area contributed by atoms with E-state index in [2.05, 4.69) is 0 Å². The Kier molecular flexibility index (Phi) is 5.08. The second-order valence-corrected chi connectivity index (χ2v) is 4.73. The number of carbonyl (C=O) groups is 2. The van der Waals surface area contributed by atoms with E-state index in [9.17, 15) is 9.59 Å². The molecule has 15 heavy (non-hydrogen) atoms. The molecule has 5 heteroatoms. The normalized spacial score (nSPS) is 11.1. The number of likely N-dealkylation sites (N-methyl/N-ethyl adjacent to an activating group) is 2. The minimum Gasteiger partial charge on any atom is -0.347 e. The molecule has 0 aromatic heterocycles. The standard InChI is InChI=1S/C10H19ClN2O2/c1-10(2,7-11)9(15)13(5)6-8(14)12(3)4/h6-7H2,1-5H3. The molecule has 0 fully saturated rings. The lowest BCUT2D eigenvalue weighted by Gasteiger charge is -2.27. The van der Waals surface area contributed by atoms with E-state index in [0.717, 1.165) is 0 Å². The molecule has 0 heterocycles. The van der Waals surface area contributed by atoms with Gasteiger partial charge in [-0.2, -0.15) is 0 Å². The molecule has 0 saturated carbocycles. The predicted octanol–water partition coefficient (Wildman–Crippen LogP) is 0.798. The number of carbonyl (C=O) groups excluding carboxylic acids is 2. The van der Waals surface area contributed by atoms with E-state index in [1.807, 2.05) is 0 Å².